The van der Waals surface area contributed by atoms with E-state index in [0.29, 0.717) is 28.8 Å². The lowest BCUT2D eigenvalue weighted by molar-refractivity contribution is -0.385. The summed E-state index contributed by atoms with van der Waals surface area (Å²) in [6, 6.07) is 4.87. The van der Waals surface area contributed by atoms with Crippen LogP contribution in [-0.4, -0.2) is 16.6 Å². The minimum absolute atomic E-state index is 0.0535. The largest absolute Gasteiger partial charge is 0.367 e. The Morgan fingerprint density at radius 2 is 2.21 bits per heavy atom. The van der Waals surface area contributed by atoms with Crippen molar-refractivity contribution in [2.75, 3.05) is 0 Å². The Kier molecular flexibility index (Phi) is 3.41. The molecule has 1 heterocycles. The highest BCUT2D eigenvalue weighted by Gasteiger charge is 2.22. The van der Waals surface area contributed by atoms with E-state index in [2.05, 4.69) is 9.99 Å². The van der Waals surface area contributed by atoms with Crippen LogP contribution in [0, 0.1) is 10.1 Å². The first-order valence-electron chi connectivity index (χ1n) is 5.78. The van der Waals surface area contributed by atoms with E-state index in [1.807, 2.05) is 6.92 Å². The van der Waals surface area contributed by atoms with Gasteiger partial charge in [0.15, 0.2) is 0 Å². The molecule has 0 saturated heterocycles. The Bertz CT molecular complexity index is 617. The van der Waals surface area contributed by atoms with Gasteiger partial charge in [-0.3, -0.25) is 10.1 Å². The molecule has 19 heavy (non-hydrogen) atoms. The zero-order chi connectivity index (χ0) is 14.0. The van der Waals surface area contributed by atoms with E-state index in [-0.39, 0.29) is 5.69 Å². The van der Waals surface area contributed by atoms with Gasteiger partial charge in [0.1, 0.15) is 0 Å². The number of hydrogen-bond acceptors (Lipinski definition) is 5. The number of nitrogens with zero attached hydrogens (tertiary/aromatic N) is 2. The minimum atomic E-state index is -0.542. The lowest BCUT2D eigenvalue weighted by Crippen LogP contribution is -2.02. The molecule has 2 rings (SSSR count). The van der Waals surface area contributed by atoms with Crippen LogP contribution in [0.2, 0.25) is 0 Å². The fraction of sp³-hybridized carbons (Fsp3) is 0.231. The summed E-state index contributed by atoms with van der Waals surface area (Å²) >= 11 is 0. The molecule has 0 atom stereocenters. The number of benzene rings is 1. The molecule has 0 spiro atoms. The van der Waals surface area contributed by atoms with Gasteiger partial charge in [0, 0.05) is 11.6 Å². The molecular weight excluding hydrogens is 248 g/mol. The van der Waals surface area contributed by atoms with Gasteiger partial charge >= 0.3 is 5.97 Å². The lowest BCUT2D eigenvalue weighted by atomic mass is 10.0. The van der Waals surface area contributed by atoms with Gasteiger partial charge in [-0.2, -0.15) is 0 Å². The first-order valence-corrected chi connectivity index (χ1v) is 5.78. The van der Waals surface area contributed by atoms with Gasteiger partial charge in [-0.05, 0) is 25.0 Å². The van der Waals surface area contributed by atoms with Crippen molar-refractivity contribution in [1.82, 2.24) is 0 Å². The maximum Gasteiger partial charge on any atom is 0.367 e. The summed E-state index contributed by atoms with van der Waals surface area (Å²) in [5.41, 5.74) is 2.07. The van der Waals surface area contributed by atoms with Crippen LogP contribution in [0.1, 0.15) is 25.0 Å². The van der Waals surface area contributed by atoms with E-state index >= 15 is 0 Å². The van der Waals surface area contributed by atoms with Crippen LogP contribution in [0.15, 0.2) is 28.9 Å². The fourth-order valence-corrected chi connectivity index (χ4v) is 1.83. The van der Waals surface area contributed by atoms with Gasteiger partial charge in [0.05, 0.1) is 16.2 Å². The van der Waals surface area contributed by atoms with E-state index in [9.17, 15) is 14.9 Å². The molecule has 1 aliphatic rings. The Labute approximate surface area is 109 Å². The average Bonchev–Trinajstić information content (AvgIpc) is 2.70. The molecule has 0 aromatic heterocycles. The smallest absolute Gasteiger partial charge is 0.312 e. The van der Waals surface area contributed by atoms with Crippen molar-refractivity contribution in [3.05, 3.63) is 45.0 Å². The van der Waals surface area contributed by atoms with Crippen molar-refractivity contribution >= 4 is 23.4 Å². The molecule has 6 heteroatoms. The molecule has 1 aliphatic heterocycles. The predicted molar refractivity (Wildman–Crippen MR) is 69.7 cm³/mol. The predicted octanol–water partition coefficient (Wildman–Crippen LogP) is 2.47. The topological polar surface area (TPSA) is 81.8 Å². The lowest BCUT2D eigenvalue weighted by Gasteiger charge is -2.01. The first kappa shape index (κ1) is 12.9. The molecule has 98 valence electrons. The number of aryl methyl sites for hydroxylation is 1. The van der Waals surface area contributed by atoms with E-state index < -0.39 is 10.9 Å². The van der Waals surface area contributed by atoms with Crippen molar-refractivity contribution in [3.63, 3.8) is 0 Å². The second-order valence-corrected chi connectivity index (χ2v) is 4.11. The number of nitro benzene ring substituents is 1. The standard InChI is InChI=1S/C13H12N2O4/c1-3-10-5-4-9(7-12(10)15(17)18)6-11-8(2)14-19-13(11)16/h4-7H,3H2,1-2H3/b11-6-. The third-order valence-corrected chi connectivity index (χ3v) is 2.87. The quantitative estimate of drug-likeness (QED) is 0.362. The zero-order valence-electron chi connectivity index (χ0n) is 10.5. The normalized spacial score (nSPS) is 16.4. The Hall–Kier alpha value is -2.50. The zero-order valence-corrected chi connectivity index (χ0v) is 10.5. The number of carbonyl (C=O) groups excluding carboxylic acids is 1. The maximum absolute atomic E-state index is 11.4. The number of hydrogen-bond donors (Lipinski definition) is 0. The SMILES string of the molecule is CCc1ccc(/C=C2\C(=O)ON=C2C)cc1[N+](=O)[O-]. The molecule has 0 aliphatic carbocycles. The highest BCUT2D eigenvalue weighted by atomic mass is 16.7. The number of oxime groups is 1. The van der Waals surface area contributed by atoms with Gasteiger partial charge in [-0.15, -0.1) is 0 Å². The molecule has 0 bridgehead atoms. The van der Waals surface area contributed by atoms with Gasteiger partial charge in [-0.25, -0.2) is 4.79 Å². The molecule has 1 aromatic rings. The number of rotatable bonds is 3. The van der Waals surface area contributed by atoms with E-state index in [1.54, 1.807) is 25.1 Å². The molecule has 0 unspecified atom stereocenters. The molecule has 6 nitrogen and oxygen atoms in total. The third-order valence-electron chi connectivity index (χ3n) is 2.87. The van der Waals surface area contributed by atoms with Crippen molar-refractivity contribution in [2.24, 2.45) is 5.16 Å². The molecular formula is C13H12N2O4. The average molecular weight is 260 g/mol. The number of carbonyl (C=O) groups is 1. The Morgan fingerprint density at radius 1 is 1.47 bits per heavy atom. The van der Waals surface area contributed by atoms with E-state index in [0.717, 1.165) is 0 Å². The van der Waals surface area contributed by atoms with E-state index in [1.165, 1.54) is 6.07 Å². The van der Waals surface area contributed by atoms with Gasteiger partial charge in [0.2, 0.25) is 0 Å². The van der Waals surface area contributed by atoms with Crippen molar-refractivity contribution in [1.29, 1.82) is 0 Å². The first-order chi connectivity index (χ1) is 9.02. The third kappa shape index (κ3) is 2.52. The molecule has 0 saturated carbocycles. The molecule has 0 fully saturated rings. The monoisotopic (exact) mass is 260 g/mol. The highest BCUT2D eigenvalue weighted by molar-refractivity contribution is 6.24. The van der Waals surface area contributed by atoms with Gasteiger partial charge in [-0.1, -0.05) is 24.2 Å². The highest BCUT2D eigenvalue weighted by Crippen LogP contribution is 2.23. The maximum atomic E-state index is 11.4. The molecule has 0 amide bonds. The van der Waals surface area contributed by atoms with E-state index in [4.69, 9.17) is 0 Å². The summed E-state index contributed by atoms with van der Waals surface area (Å²) in [6.07, 6.45) is 2.12. The summed E-state index contributed by atoms with van der Waals surface area (Å²) < 4.78 is 0. The summed E-state index contributed by atoms with van der Waals surface area (Å²) in [7, 11) is 0. The van der Waals surface area contributed by atoms with Crippen LogP contribution in [0.5, 0.6) is 0 Å². The van der Waals surface area contributed by atoms with Crippen LogP contribution in [0.25, 0.3) is 6.08 Å². The Morgan fingerprint density at radius 3 is 2.74 bits per heavy atom. The fourth-order valence-electron chi connectivity index (χ4n) is 1.83. The van der Waals surface area contributed by atoms with Crippen molar-refractivity contribution in [3.8, 4) is 0 Å². The van der Waals surface area contributed by atoms with Gasteiger partial charge < -0.3 is 4.84 Å². The second kappa shape index (κ2) is 5.01. The van der Waals surface area contributed by atoms with Crippen LogP contribution < -0.4 is 0 Å². The van der Waals surface area contributed by atoms with Crippen molar-refractivity contribution < 1.29 is 14.6 Å². The Balaban J connectivity index is 2.45. The van der Waals surface area contributed by atoms with Crippen LogP contribution >= 0.6 is 0 Å². The summed E-state index contributed by atoms with van der Waals surface area (Å²) in [6.45, 7) is 3.50. The summed E-state index contributed by atoms with van der Waals surface area (Å²) in [4.78, 5) is 26.5. The molecule has 0 radical (unpaired) electrons. The summed E-state index contributed by atoms with van der Waals surface area (Å²) in [5.74, 6) is -0.542. The van der Waals surface area contributed by atoms with Crippen molar-refractivity contribution in [2.45, 2.75) is 20.3 Å². The summed E-state index contributed by atoms with van der Waals surface area (Å²) in [5, 5.41) is 14.5. The second-order valence-electron chi connectivity index (χ2n) is 4.11. The van der Waals surface area contributed by atoms with Gasteiger partial charge in [0.25, 0.3) is 5.69 Å². The number of nitro groups is 1. The molecule has 1 aromatic carbocycles. The molecule has 0 N–H and O–H groups in total. The van der Waals surface area contributed by atoms with Crippen LogP contribution in [0.4, 0.5) is 5.69 Å². The minimum Gasteiger partial charge on any atom is -0.312 e. The van der Waals surface area contributed by atoms with Crippen LogP contribution in [0.3, 0.4) is 0 Å². The van der Waals surface area contributed by atoms with Crippen LogP contribution in [-0.2, 0) is 16.1 Å².